The number of nitrogens with one attached hydrogen (secondary N) is 2. The van der Waals surface area contributed by atoms with E-state index in [9.17, 15) is 4.79 Å². The number of nitrogens with zero attached hydrogens (tertiary/aromatic N) is 4. The van der Waals surface area contributed by atoms with E-state index in [0.29, 0.717) is 52.6 Å². The van der Waals surface area contributed by atoms with Crippen molar-refractivity contribution in [3.05, 3.63) is 142 Å². The minimum Gasteiger partial charge on any atom is -0.494 e. The Morgan fingerprint density at radius 2 is 1.23 bits per heavy atom. The molecule has 6 rings (SSSR count). The molecular weight excluding hydrogens is 721 g/mol. The van der Waals surface area contributed by atoms with Gasteiger partial charge in [0.2, 0.25) is 0 Å². The van der Waals surface area contributed by atoms with Crippen LogP contribution in [-0.2, 0) is 12.8 Å². The number of halogens is 3. The van der Waals surface area contributed by atoms with Gasteiger partial charge in [0.25, 0.3) is 0 Å². The summed E-state index contributed by atoms with van der Waals surface area (Å²) in [5.41, 5.74) is 12.8. The summed E-state index contributed by atoms with van der Waals surface area (Å²) >= 11 is 12.2. The van der Waals surface area contributed by atoms with Crippen LogP contribution in [0.5, 0.6) is 11.5 Å². The first-order chi connectivity index (χ1) is 24.7. The molecule has 0 saturated heterocycles. The van der Waals surface area contributed by atoms with Crippen LogP contribution in [-0.4, -0.2) is 46.7 Å². The summed E-state index contributed by atoms with van der Waals surface area (Å²) in [5, 5.41) is 6.65. The molecule has 13 heteroatoms. The number of urea groups is 1. The lowest BCUT2D eigenvalue weighted by atomic mass is 10.1. The van der Waals surface area contributed by atoms with Gasteiger partial charge in [-0.15, -0.1) is 12.4 Å². The van der Waals surface area contributed by atoms with Crippen molar-refractivity contribution >= 4 is 53.3 Å². The molecule has 0 radical (unpaired) electrons. The third-order valence-corrected chi connectivity index (χ3v) is 7.96. The number of hydrogen-bond acceptors (Lipinski definition) is 8. The molecule has 2 aromatic carbocycles. The van der Waals surface area contributed by atoms with Crippen molar-refractivity contribution in [1.82, 2.24) is 25.3 Å². The number of pyridine rings is 4. The number of amides is 2. The third kappa shape index (κ3) is 11.0. The first-order valence-electron chi connectivity index (χ1n) is 16.0. The molecule has 0 aliphatic rings. The van der Waals surface area contributed by atoms with Gasteiger partial charge in [-0.1, -0.05) is 59.6 Å². The summed E-state index contributed by atoms with van der Waals surface area (Å²) in [4.78, 5) is 29.4. The SMILES string of the molecule is CCNC(=O)Nc1ccc(Cc2ccc(OC)c(-c3cccc(Cl)c3)n2)cn1.COc1ccc(Cc2ccc(N)nc2)nc1-c1cccc(Cl)c1.Cl. The number of carbonyl (C=O) groups is 1. The van der Waals surface area contributed by atoms with E-state index in [2.05, 4.69) is 20.6 Å². The Morgan fingerprint density at radius 3 is 1.65 bits per heavy atom. The second kappa shape index (κ2) is 19.3. The Kier molecular flexibility index (Phi) is 14.6. The average Bonchev–Trinajstić information content (AvgIpc) is 3.14. The lowest BCUT2D eigenvalue weighted by Gasteiger charge is -2.11. The van der Waals surface area contributed by atoms with E-state index in [4.69, 9.17) is 48.4 Å². The van der Waals surface area contributed by atoms with Crippen LogP contribution in [0.1, 0.15) is 29.4 Å². The summed E-state index contributed by atoms with van der Waals surface area (Å²) < 4.78 is 10.9. The van der Waals surface area contributed by atoms with Crippen molar-refractivity contribution in [1.29, 1.82) is 0 Å². The number of ether oxygens (including phenoxy) is 2. The largest absolute Gasteiger partial charge is 0.494 e. The molecule has 268 valence electrons. The number of benzene rings is 2. The normalized spacial score (nSPS) is 10.2. The van der Waals surface area contributed by atoms with Gasteiger partial charge in [-0.05, 0) is 78.7 Å². The second-order valence-corrected chi connectivity index (χ2v) is 12.1. The maximum atomic E-state index is 11.6. The van der Waals surface area contributed by atoms with Gasteiger partial charge in [0.05, 0.1) is 14.2 Å². The molecule has 10 nitrogen and oxygen atoms in total. The van der Waals surface area contributed by atoms with E-state index < -0.39 is 0 Å². The fourth-order valence-corrected chi connectivity index (χ4v) is 5.45. The fraction of sp³-hybridized carbons (Fsp3) is 0.154. The zero-order chi connectivity index (χ0) is 36.2. The van der Waals surface area contributed by atoms with Gasteiger partial charge >= 0.3 is 6.03 Å². The van der Waals surface area contributed by atoms with Crippen molar-refractivity contribution < 1.29 is 14.3 Å². The Labute approximate surface area is 319 Å². The van der Waals surface area contributed by atoms with Gasteiger partial charge in [0.15, 0.2) is 0 Å². The highest BCUT2D eigenvalue weighted by Crippen LogP contribution is 2.31. The maximum absolute atomic E-state index is 11.6. The van der Waals surface area contributed by atoms with Crippen LogP contribution in [0.3, 0.4) is 0 Å². The molecule has 0 saturated carbocycles. The van der Waals surface area contributed by atoms with Gasteiger partial charge < -0.3 is 20.5 Å². The Hall–Kier alpha value is -5.42. The van der Waals surface area contributed by atoms with E-state index in [0.717, 1.165) is 45.0 Å². The Balaban J connectivity index is 0.000000232. The first-order valence-corrected chi connectivity index (χ1v) is 16.8. The van der Waals surface area contributed by atoms with E-state index in [1.54, 1.807) is 38.7 Å². The van der Waals surface area contributed by atoms with Gasteiger partial charge in [0.1, 0.15) is 34.5 Å². The molecule has 0 fully saturated rings. The van der Waals surface area contributed by atoms with Crippen LogP contribution >= 0.6 is 35.6 Å². The van der Waals surface area contributed by atoms with Crippen LogP contribution in [0.4, 0.5) is 16.4 Å². The first kappa shape index (κ1) is 39.4. The highest BCUT2D eigenvalue weighted by Gasteiger charge is 2.12. The molecule has 2 amide bonds. The highest BCUT2D eigenvalue weighted by atomic mass is 35.5. The number of anilines is 2. The van der Waals surface area contributed by atoms with E-state index in [-0.39, 0.29) is 18.4 Å². The molecule has 4 N–H and O–H groups in total. The molecule has 0 atom stereocenters. The summed E-state index contributed by atoms with van der Waals surface area (Å²) in [6.07, 6.45) is 4.77. The predicted molar refractivity (Wildman–Crippen MR) is 211 cm³/mol. The summed E-state index contributed by atoms with van der Waals surface area (Å²) in [7, 11) is 3.25. The number of aromatic nitrogens is 4. The van der Waals surface area contributed by atoms with Gasteiger partial charge in [-0.2, -0.15) is 0 Å². The van der Waals surface area contributed by atoms with Crippen LogP contribution in [0, 0.1) is 0 Å². The van der Waals surface area contributed by atoms with E-state index >= 15 is 0 Å². The number of methoxy groups -OCH3 is 2. The van der Waals surface area contributed by atoms with Crippen LogP contribution in [0.2, 0.25) is 10.0 Å². The highest BCUT2D eigenvalue weighted by molar-refractivity contribution is 6.31. The average molecular weight is 759 g/mol. The summed E-state index contributed by atoms with van der Waals surface area (Å²) in [5.74, 6) is 2.41. The van der Waals surface area contributed by atoms with Crippen molar-refractivity contribution in [3.63, 3.8) is 0 Å². The minimum atomic E-state index is -0.272. The molecule has 0 spiro atoms. The van der Waals surface area contributed by atoms with E-state index in [1.165, 1.54) is 0 Å². The fourth-order valence-electron chi connectivity index (χ4n) is 5.07. The van der Waals surface area contributed by atoms with Crippen LogP contribution < -0.4 is 25.8 Å². The molecule has 0 aliphatic heterocycles. The summed E-state index contributed by atoms with van der Waals surface area (Å²) in [6, 6.07) is 29.9. The topological polar surface area (TPSA) is 137 Å². The monoisotopic (exact) mass is 757 g/mol. The maximum Gasteiger partial charge on any atom is 0.320 e. The quantitative estimate of drug-likeness (QED) is 0.126. The molecule has 6 aromatic rings. The number of carbonyl (C=O) groups excluding carboxylic acids is 1. The molecule has 52 heavy (non-hydrogen) atoms. The number of nitrogen functional groups attached to an aromatic ring is 1. The Morgan fingerprint density at radius 1 is 0.712 bits per heavy atom. The molecule has 0 unspecified atom stereocenters. The standard InChI is InChI=1S/C21H21ClN4O2.C18H16ClN3O.ClH/c1-3-23-21(27)26-19-10-7-14(13-24-19)11-17-8-9-18(28-2)20(25-17)15-5-4-6-16(22)12-15;1-23-16-7-6-15(9-12-5-8-17(20)21-11-12)22-18(16)13-3-2-4-14(19)10-13;/h4-10,12-13H,3,11H2,1-2H3,(H2,23,24,26,27);2-8,10-11H,9H2,1H3,(H2,20,21);1H. The molecule has 0 aliphatic carbocycles. The second-order valence-electron chi connectivity index (χ2n) is 11.2. The van der Waals surface area contributed by atoms with Gasteiger partial charge in [-0.3, -0.25) is 5.32 Å². The van der Waals surface area contributed by atoms with Crippen molar-refractivity contribution in [3.8, 4) is 34.0 Å². The van der Waals surface area contributed by atoms with E-state index in [1.807, 2.05) is 91.9 Å². The van der Waals surface area contributed by atoms with Crippen molar-refractivity contribution in [2.45, 2.75) is 19.8 Å². The molecular formula is C39H38Cl3N7O3. The number of hydrogen-bond donors (Lipinski definition) is 3. The third-order valence-electron chi connectivity index (χ3n) is 7.49. The number of rotatable bonds is 10. The van der Waals surface area contributed by atoms with Crippen molar-refractivity contribution in [2.75, 3.05) is 31.8 Å². The minimum absolute atomic E-state index is 0. The summed E-state index contributed by atoms with van der Waals surface area (Å²) in [6.45, 7) is 2.41. The molecule has 0 bridgehead atoms. The Bertz CT molecular complexity index is 2080. The lowest BCUT2D eigenvalue weighted by molar-refractivity contribution is 0.252. The van der Waals surface area contributed by atoms with Crippen molar-refractivity contribution in [2.24, 2.45) is 0 Å². The van der Waals surface area contributed by atoms with Gasteiger partial charge in [-0.25, -0.2) is 24.7 Å². The van der Waals surface area contributed by atoms with Crippen LogP contribution in [0.15, 0.2) is 109 Å². The van der Waals surface area contributed by atoms with Crippen LogP contribution in [0.25, 0.3) is 22.5 Å². The number of nitrogens with two attached hydrogens (primary N) is 1. The van der Waals surface area contributed by atoms with Gasteiger partial charge in [0, 0.05) is 64.3 Å². The smallest absolute Gasteiger partial charge is 0.320 e. The lowest BCUT2D eigenvalue weighted by Crippen LogP contribution is -2.28. The molecule has 4 aromatic heterocycles. The molecule has 4 heterocycles. The zero-order valence-electron chi connectivity index (χ0n) is 28.8. The predicted octanol–water partition coefficient (Wildman–Crippen LogP) is 8.94. The zero-order valence-corrected chi connectivity index (χ0v) is 31.1.